The number of amides is 1. The zero-order valence-electron chi connectivity index (χ0n) is 16.4. The van der Waals surface area contributed by atoms with Crippen LogP contribution >= 0.6 is 0 Å². The van der Waals surface area contributed by atoms with Gasteiger partial charge in [0.05, 0.1) is 0 Å². The second-order valence-electron chi connectivity index (χ2n) is 7.43. The number of piperidine rings is 1. The quantitative estimate of drug-likeness (QED) is 0.800. The molecule has 1 aliphatic rings. The standard InChI is InChI=1S/C22H28FN3O/c1-17(27)26(21-10-6-19(23)7-11-21)22-12-14-25(15-13-22)16-18-4-8-20(9-5-18)24(2)3/h4-11,22H,12-16H2,1-3H3. The van der Waals surface area contributed by atoms with Gasteiger partial charge in [-0.05, 0) is 54.8 Å². The Labute approximate surface area is 161 Å². The van der Waals surface area contributed by atoms with Crippen LogP contribution < -0.4 is 9.80 Å². The van der Waals surface area contributed by atoms with Crippen LogP contribution in [0.5, 0.6) is 0 Å². The van der Waals surface area contributed by atoms with Gasteiger partial charge in [-0.2, -0.15) is 0 Å². The first-order valence-corrected chi connectivity index (χ1v) is 9.48. The Morgan fingerprint density at radius 1 is 1.00 bits per heavy atom. The summed E-state index contributed by atoms with van der Waals surface area (Å²) in [6.07, 6.45) is 1.85. The van der Waals surface area contributed by atoms with Crippen molar-refractivity contribution in [1.29, 1.82) is 0 Å². The van der Waals surface area contributed by atoms with Crippen molar-refractivity contribution in [2.45, 2.75) is 32.4 Å². The van der Waals surface area contributed by atoms with Gasteiger partial charge in [0.2, 0.25) is 5.91 Å². The number of carbonyl (C=O) groups excluding carboxylic acids is 1. The summed E-state index contributed by atoms with van der Waals surface area (Å²) in [6.45, 7) is 4.41. The van der Waals surface area contributed by atoms with Crippen LogP contribution in [0.2, 0.25) is 0 Å². The maximum atomic E-state index is 13.2. The minimum Gasteiger partial charge on any atom is -0.378 e. The van der Waals surface area contributed by atoms with Crippen LogP contribution in [-0.2, 0) is 11.3 Å². The van der Waals surface area contributed by atoms with E-state index >= 15 is 0 Å². The van der Waals surface area contributed by atoms with Gasteiger partial charge in [-0.25, -0.2) is 4.39 Å². The van der Waals surface area contributed by atoms with Crippen LogP contribution in [0.25, 0.3) is 0 Å². The maximum absolute atomic E-state index is 13.2. The lowest BCUT2D eigenvalue weighted by Gasteiger charge is -2.38. The van der Waals surface area contributed by atoms with Gasteiger partial charge >= 0.3 is 0 Å². The molecule has 1 fully saturated rings. The third-order valence-electron chi connectivity index (χ3n) is 5.23. The molecule has 0 bridgehead atoms. The predicted octanol–water partition coefficient (Wildman–Crippen LogP) is 3.91. The van der Waals surface area contributed by atoms with E-state index in [1.165, 1.54) is 23.4 Å². The van der Waals surface area contributed by atoms with E-state index in [1.54, 1.807) is 19.1 Å². The fourth-order valence-corrected chi connectivity index (χ4v) is 3.74. The Morgan fingerprint density at radius 2 is 1.56 bits per heavy atom. The van der Waals surface area contributed by atoms with Crippen LogP contribution in [-0.4, -0.2) is 44.0 Å². The smallest absolute Gasteiger partial charge is 0.224 e. The Kier molecular flexibility index (Phi) is 6.11. The van der Waals surface area contributed by atoms with Gasteiger partial charge in [-0.15, -0.1) is 0 Å². The molecule has 3 rings (SSSR count). The molecule has 0 radical (unpaired) electrons. The molecule has 1 aliphatic heterocycles. The molecule has 1 saturated heterocycles. The first-order valence-electron chi connectivity index (χ1n) is 9.48. The molecule has 2 aromatic carbocycles. The number of anilines is 2. The fourth-order valence-electron chi connectivity index (χ4n) is 3.74. The van der Waals surface area contributed by atoms with Crippen LogP contribution in [0.3, 0.4) is 0 Å². The number of nitrogens with zero attached hydrogens (tertiary/aromatic N) is 3. The van der Waals surface area contributed by atoms with E-state index in [9.17, 15) is 9.18 Å². The first kappa shape index (κ1) is 19.4. The molecule has 2 aromatic rings. The van der Waals surface area contributed by atoms with E-state index in [0.717, 1.165) is 38.2 Å². The van der Waals surface area contributed by atoms with Crippen molar-refractivity contribution in [2.24, 2.45) is 0 Å². The minimum atomic E-state index is -0.280. The maximum Gasteiger partial charge on any atom is 0.224 e. The topological polar surface area (TPSA) is 26.8 Å². The van der Waals surface area contributed by atoms with Crippen molar-refractivity contribution in [3.8, 4) is 0 Å². The summed E-state index contributed by atoms with van der Waals surface area (Å²) >= 11 is 0. The third-order valence-corrected chi connectivity index (χ3v) is 5.23. The molecule has 0 aromatic heterocycles. The van der Waals surface area contributed by atoms with Gasteiger partial charge in [0.25, 0.3) is 0 Å². The zero-order valence-corrected chi connectivity index (χ0v) is 16.4. The van der Waals surface area contributed by atoms with Crippen molar-refractivity contribution in [3.63, 3.8) is 0 Å². The van der Waals surface area contributed by atoms with Gasteiger partial charge < -0.3 is 9.80 Å². The Morgan fingerprint density at radius 3 is 2.07 bits per heavy atom. The van der Waals surface area contributed by atoms with E-state index in [2.05, 4.69) is 34.1 Å². The highest BCUT2D eigenvalue weighted by Gasteiger charge is 2.27. The largest absolute Gasteiger partial charge is 0.378 e. The Bertz CT molecular complexity index is 750. The van der Waals surface area contributed by atoms with Crippen LogP contribution in [0, 0.1) is 5.82 Å². The van der Waals surface area contributed by atoms with Crippen molar-refractivity contribution in [1.82, 2.24) is 4.90 Å². The SMILES string of the molecule is CC(=O)N(c1ccc(F)cc1)C1CCN(Cc2ccc(N(C)C)cc2)CC1. The zero-order chi connectivity index (χ0) is 19.4. The number of carbonyl (C=O) groups is 1. The van der Waals surface area contributed by atoms with Gasteiger partial charge in [0.1, 0.15) is 5.82 Å². The van der Waals surface area contributed by atoms with Crippen LogP contribution in [0.1, 0.15) is 25.3 Å². The second-order valence-corrected chi connectivity index (χ2v) is 7.43. The highest BCUT2D eigenvalue weighted by atomic mass is 19.1. The molecular formula is C22H28FN3O. The summed E-state index contributed by atoms with van der Waals surface area (Å²) in [7, 11) is 4.09. The van der Waals surface area contributed by atoms with Gasteiger partial charge in [0.15, 0.2) is 0 Å². The van der Waals surface area contributed by atoms with Crippen molar-refractivity contribution < 1.29 is 9.18 Å². The molecule has 144 valence electrons. The average molecular weight is 369 g/mol. The van der Waals surface area contributed by atoms with E-state index in [4.69, 9.17) is 0 Å². The monoisotopic (exact) mass is 369 g/mol. The molecule has 0 atom stereocenters. The molecule has 0 aliphatic carbocycles. The highest BCUT2D eigenvalue weighted by molar-refractivity contribution is 5.92. The molecule has 27 heavy (non-hydrogen) atoms. The van der Waals surface area contributed by atoms with Crippen LogP contribution in [0.15, 0.2) is 48.5 Å². The summed E-state index contributed by atoms with van der Waals surface area (Å²) in [5.41, 5.74) is 3.29. The molecule has 0 spiro atoms. The van der Waals surface area contributed by atoms with E-state index < -0.39 is 0 Å². The molecule has 1 amide bonds. The summed E-state index contributed by atoms with van der Waals surface area (Å²) in [5.74, 6) is -0.267. The molecule has 0 saturated carbocycles. The highest BCUT2D eigenvalue weighted by Crippen LogP contribution is 2.25. The van der Waals surface area contributed by atoms with Crippen molar-refractivity contribution in [2.75, 3.05) is 37.0 Å². The number of rotatable bonds is 5. The van der Waals surface area contributed by atoms with Crippen molar-refractivity contribution >= 4 is 17.3 Å². The molecule has 0 unspecified atom stereocenters. The van der Waals surface area contributed by atoms with Gasteiger partial charge in [-0.1, -0.05) is 12.1 Å². The van der Waals surface area contributed by atoms with E-state index in [-0.39, 0.29) is 17.8 Å². The minimum absolute atomic E-state index is 0.0133. The first-order chi connectivity index (χ1) is 12.9. The van der Waals surface area contributed by atoms with E-state index in [1.807, 2.05) is 19.0 Å². The second kappa shape index (κ2) is 8.53. The summed E-state index contributed by atoms with van der Waals surface area (Å²) in [6, 6.07) is 15.0. The lowest BCUT2D eigenvalue weighted by atomic mass is 10.0. The van der Waals surface area contributed by atoms with Gasteiger partial charge in [-0.3, -0.25) is 9.69 Å². The summed E-state index contributed by atoms with van der Waals surface area (Å²) < 4.78 is 13.2. The number of benzene rings is 2. The third kappa shape index (κ3) is 4.86. The molecule has 1 heterocycles. The number of halogens is 1. The lowest BCUT2D eigenvalue weighted by molar-refractivity contribution is -0.117. The van der Waals surface area contributed by atoms with Crippen molar-refractivity contribution in [3.05, 3.63) is 59.9 Å². The fraction of sp³-hybridized carbons (Fsp3) is 0.409. The summed E-state index contributed by atoms with van der Waals surface area (Å²) in [4.78, 5) is 18.6. The normalized spacial score (nSPS) is 15.6. The molecule has 5 heteroatoms. The number of likely N-dealkylation sites (tertiary alicyclic amines) is 1. The number of hydrogen-bond acceptors (Lipinski definition) is 3. The number of hydrogen-bond donors (Lipinski definition) is 0. The van der Waals surface area contributed by atoms with Gasteiger partial charge in [0, 0.05) is 58.1 Å². The summed E-state index contributed by atoms with van der Waals surface area (Å²) in [5, 5.41) is 0. The average Bonchev–Trinajstić information content (AvgIpc) is 2.65. The lowest BCUT2D eigenvalue weighted by Crippen LogP contribution is -2.46. The molecule has 4 nitrogen and oxygen atoms in total. The molecule has 0 N–H and O–H groups in total. The van der Waals surface area contributed by atoms with Crippen LogP contribution in [0.4, 0.5) is 15.8 Å². The molecular weight excluding hydrogens is 341 g/mol. The Hall–Kier alpha value is -2.40. The van der Waals surface area contributed by atoms with E-state index in [0.29, 0.717) is 0 Å². The predicted molar refractivity (Wildman–Crippen MR) is 109 cm³/mol. The Balaban J connectivity index is 1.60.